The molecule has 0 aliphatic rings. The average Bonchev–Trinajstić information content (AvgIpc) is 3.72. The summed E-state index contributed by atoms with van der Waals surface area (Å²) in [4.78, 5) is 0. The topological polar surface area (TPSA) is 0 Å². The van der Waals surface area contributed by atoms with Gasteiger partial charge in [0.1, 0.15) is 0 Å². The second kappa shape index (κ2) is 19.4. The van der Waals surface area contributed by atoms with Gasteiger partial charge in [-0.3, -0.25) is 0 Å². The van der Waals surface area contributed by atoms with Gasteiger partial charge in [-0.05, 0) is 0 Å². The molecule has 6 aromatic rings. The Kier molecular flexibility index (Phi) is 15.4. The molecule has 0 amide bonds. The van der Waals surface area contributed by atoms with Gasteiger partial charge in [0, 0.05) is 0 Å². The predicted molar refractivity (Wildman–Crippen MR) is 155 cm³/mol. The van der Waals surface area contributed by atoms with Crippen molar-refractivity contribution in [3.8, 4) is 0 Å². The van der Waals surface area contributed by atoms with Crippen molar-refractivity contribution in [2.75, 3.05) is 0 Å². The van der Waals surface area contributed by atoms with Crippen LogP contribution in [0, 0.1) is 12.8 Å². The summed E-state index contributed by atoms with van der Waals surface area (Å²) in [7, 11) is 0. The molecular formula is C36H32Zr. The van der Waals surface area contributed by atoms with E-state index in [9.17, 15) is 0 Å². The summed E-state index contributed by atoms with van der Waals surface area (Å²) in [6, 6.07) is 61.4. The minimum absolute atomic E-state index is 0. The summed E-state index contributed by atoms with van der Waals surface area (Å²) < 4.78 is 0. The number of rotatable bonds is 4. The van der Waals surface area contributed by atoms with Gasteiger partial charge in [0.25, 0.3) is 0 Å². The van der Waals surface area contributed by atoms with Crippen LogP contribution >= 0.6 is 0 Å². The van der Waals surface area contributed by atoms with E-state index >= 15 is 0 Å². The van der Waals surface area contributed by atoms with E-state index in [0.717, 1.165) is 0 Å². The Morgan fingerprint density at radius 2 is 0.514 bits per heavy atom. The Morgan fingerprint density at radius 1 is 0.297 bits per heavy atom. The van der Waals surface area contributed by atoms with Gasteiger partial charge in [0.2, 0.25) is 0 Å². The second-order valence-corrected chi connectivity index (χ2v) is 7.86. The summed E-state index contributed by atoms with van der Waals surface area (Å²) >= 11 is 0. The van der Waals surface area contributed by atoms with Crippen LogP contribution in [0.3, 0.4) is 0 Å². The van der Waals surface area contributed by atoms with E-state index in [2.05, 4.69) is 110 Å². The molecule has 0 atom stereocenters. The molecule has 6 aromatic carbocycles. The molecule has 0 unspecified atom stereocenters. The molecule has 0 nitrogen and oxygen atoms in total. The van der Waals surface area contributed by atoms with Gasteiger partial charge in [-0.15, -0.1) is 83.6 Å². The molecule has 0 N–H and O–H groups in total. The third kappa shape index (κ3) is 13.8. The van der Waals surface area contributed by atoms with E-state index in [1.165, 1.54) is 22.3 Å². The third-order valence-corrected chi connectivity index (χ3v) is 4.98. The van der Waals surface area contributed by atoms with Crippen LogP contribution in [0.5, 0.6) is 0 Å². The molecule has 37 heavy (non-hydrogen) atoms. The number of hydrogen-bond acceptors (Lipinski definition) is 0. The normalized spacial score (nSPS) is 8.86. The Balaban J connectivity index is 0.000000187. The van der Waals surface area contributed by atoms with Gasteiger partial charge in [-0.2, -0.15) is 36.4 Å². The summed E-state index contributed by atoms with van der Waals surface area (Å²) in [6.45, 7) is 0. The fourth-order valence-corrected chi connectivity index (χ4v) is 3.22. The maximum Gasteiger partial charge on any atom is 4.00 e. The summed E-state index contributed by atoms with van der Waals surface area (Å²) in [5.41, 5.74) is 4.98. The predicted octanol–water partition coefficient (Wildman–Crippen LogP) is 9.38. The van der Waals surface area contributed by atoms with Crippen LogP contribution in [0.2, 0.25) is 0 Å². The van der Waals surface area contributed by atoms with Crippen molar-refractivity contribution >= 4 is 0 Å². The second-order valence-electron chi connectivity index (χ2n) is 7.86. The van der Waals surface area contributed by atoms with E-state index in [-0.39, 0.29) is 26.2 Å². The van der Waals surface area contributed by atoms with E-state index < -0.39 is 0 Å². The van der Waals surface area contributed by atoms with Crippen LogP contribution in [0.4, 0.5) is 0 Å². The van der Waals surface area contributed by atoms with Crippen LogP contribution in [0.1, 0.15) is 22.3 Å². The molecule has 0 aliphatic carbocycles. The first-order chi connectivity index (χ1) is 17.9. The van der Waals surface area contributed by atoms with Gasteiger partial charge in [-0.1, -0.05) is 72.8 Å². The van der Waals surface area contributed by atoms with Crippen molar-refractivity contribution in [3.63, 3.8) is 0 Å². The van der Waals surface area contributed by atoms with Crippen LogP contribution in [0.15, 0.2) is 182 Å². The molecular weight excluding hydrogens is 524 g/mol. The zero-order valence-corrected chi connectivity index (χ0v) is 23.4. The summed E-state index contributed by atoms with van der Waals surface area (Å²) in [5.74, 6) is 0. The van der Waals surface area contributed by atoms with Gasteiger partial charge in [0.15, 0.2) is 0 Å². The fraction of sp³-hybridized carbons (Fsp3) is 0. The van der Waals surface area contributed by atoms with Gasteiger partial charge < -0.3 is 0 Å². The monoisotopic (exact) mass is 554 g/mol. The molecule has 0 aromatic heterocycles. The van der Waals surface area contributed by atoms with Gasteiger partial charge in [-0.25, -0.2) is 24.3 Å². The van der Waals surface area contributed by atoms with Gasteiger partial charge in [0.05, 0.1) is 0 Å². The van der Waals surface area contributed by atoms with Gasteiger partial charge >= 0.3 is 26.2 Å². The maximum atomic E-state index is 2.17. The van der Waals surface area contributed by atoms with Crippen LogP contribution in [0.25, 0.3) is 0 Å². The van der Waals surface area contributed by atoms with Crippen molar-refractivity contribution in [1.82, 2.24) is 0 Å². The minimum Gasteiger partial charge on any atom is -0.214 e. The van der Waals surface area contributed by atoms with E-state index in [1.807, 2.05) is 84.9 Å². The van der Waals surface area contributed by atoms with E-state index in [1.54, 1.807) is 0 Å². The van der Waals surface area contributed by atoms with Crippen LogP contribution in [-0.4, -0.2) is 0 Å². The minimum atomic E-state index is 0. The molecule has 0 radical (unpaired) electrons. The first-order valence-electron chi connectivity index (χ1n) is 12.1. The zero-order chi connectivity index (χ0) is 24.9. The molecule has 0 saturated heterocycles. The fourth-order valence-electron chi connectivity index (χ4n) is 3.22. The standard InChI is InChI=1S/2C13H11.2C5H5.Zr/c2*1-3-7-12(8-4-1)11-13-9-5-2-6-10-13;2*1-2-4-5-3-1;/h2*1-11H;2*1-5H;/q4*-1;+4. The molecule has 0 saturated carbocycles. The Morgan fingerprint density at radius 3 is 0.676 bits per heavy atom. The van der Waals surface area contributed by atoms with E-state index in [0.29, 0.717) is 0 Å². The SMILES string of the molecule is [Zr+4].c1cc[cH-]c1.c1cc[cH-]c1.c1ccc([CH-]c2ccccc2)cc1.c1ccc([CH-]c2ccccc2)cc1. The number of hydrogen-bond donors (Lipinski definition) is 0. The largest absolute Gasteiger partial charge is 4.00 e. The molecule has 6 rings (SSSR count). The maximum absolute atomic E-state index is 2.17. The van der Waals surface area contributed by atoms with Crippen molar-refractivity contribution in [1.29, 1.82) is 0 Å². The van der Waals surface area contributed by atoms with Crippen molar-refractivity contribution in [2.45, 2.75) is 0 Å². The molecule has 0 spiro atoms. The molecule has 0 fully saturated rings. The van der Waals surface area contributed by atoms with Crippen molar-refractivity contribution in [2.24, 2.45) is 0 Å². The Bertz CT molecular complexity index is 1010. The van der Waals surface area contributed by atoms with Crippen LogP contribution < -0.4 is 0 Å². The summed E-state index contributed by atoms with van der Waals surface area (Å²) in [5, 5.41) is 0. The first kappa shape index (κ1) is 29.4. The molecule has 180 valence electrons. The van der Waals surface area contributed by atoms with Crippen molar-refractivity contribution < 1.29 is 26.2 Å². The average molecular weight is 556 g/mol. The zero-order valence-electron chi connectivity index (χ0n) is 21.0. The first-order valence-corrected chi connectivity index (χ1v) is 12.1. The molecule has 0 bridgehead atoms. The number of benzene rings is 4. The Hall–Kier alpha value is -3.80. The molecule has 1 heteroatoms. The smallest absolute Gasteiger partial charge is 0.214 e. The quantitative estimate of drug-likeness (QED) is 0.190. The molecule has 0 heterocycles. The van der Waals surface area contributed by atoms with E-state index in [4.69, 9.17) is 0 Å². The van der Waals surface area contributed by atoms with Crippen molar-refractivity contribution in [3.05, 3.63) is 217 Å². The van der Waals surface area contributed by atoms with Crippen LogP contribution in [-0.2, 0) is 26.2 Å². The third-order valence-electron chi connectivity index (χ3n) is 4.98. The molecule has 0 aliphatic heterocycles. The Labute approximate surface area is 242 Å². The summed E-state index contributed by atoms with van der Waals surface area (Å²) in [6.07, 6.45) is 4.33.